The van der Waals surface area contributed by atoms with Crippen molar-refractivity contribution in [3.05, 3.63) is 34.9 Å². The van der Waals surface area contributed by atoms with Gasteiger partial charge in [0.25, 0.3) is 5.91 Å². The van der Waals surface area contributed by atoms with E-state index in [4.69, 9.17) is 16.3 Å². The Balaban J connectivity index is 1.72. The predicted octanol–water partition coefficient (Wildman–Crippen LogP) is 1.92. The number of morpholine rings is 1. The summed E-state index contributed by atoms with van der Waals surface area (Å²) in [5.41, 5.74) is -0.867. The lowest BCUT2D eigenvalue weighted by Gasteiger charge is -2.51. The van der Waals surface area contributed by atoms with Crippen molar-refractivity contribution in [3.63, 3.8) is 0 Å². The molecule has 1 aromatic carbocycles. The van der Waals surface area contributed by atoms with Gasteiger partial charge in [0.15, 0.2) is 0 Å². The van der Waals surface area contributed by atoms with E-state index in [9.17, 15) is 14.7 Å². The summed E-state index contributed by atoms with van der Waals surface area (Å²) in [6.07, 6.45) is -0.183. The van der Waals surface area contributed by atoms with Crippen molar-refractivity contribution in [2.45, 2.75) is 51.9 Å². The van der Waals surface area contributed by atoms with Gasteiger partial charge in [0.1, 0.15) is 12.1 Å². The highest BCUT2D eigenvalue weighted by molar-refractivity contribution is 6.30. The molecular formula is C23H34ClN3O4. The molecule has 172 valence electrons. The van der Waals surface area contributed by atoms with Crippen LogP contribution < -0.4 is 10.6 Å². The van der Waals surface area contributed by atoms with E-state index in [1.165, 1.54) is 0 Å². The highest BCUT2D eigenvalue weighted by Gasteiger charge is 2.50. The normalized spacial score (nSPS) is 27.1. The van der Waals surface area contributed by atoms with E-state index in [0.717, 1.165) is 12.1 Å². The van der Waals surface area contributed by atoms with Gasteiger partial charge < -0.3 is 25.4 Å². The number of ether oxygens (including phenoxy) is 1. The van der Waals surface area contributed by atoms with E-state index in [1.54, 1.807) is 17.0 Å². The molecule has 3 atom stereocenters. The van der Waals surface area contributed by atoms with Gasteiger partial charge in [-0.15, -0.1) is 0 Å². The fourth-order valence-corrected chi connectivity index (χ4v) is 4.59. The summed E-state index contributed by atoms with van der Waals surface area (Å²) >= 11 is 6.01. The number of benzene rings is 1. The maximum Gasteiger partial charge on any atom is 0.251 e. The van der Waals surface area contributed by atoms with E-state index in [-0.39, 0.29) is 17.7 Å². The molecule has 3 rings (SSSR count). The molecule has 2 saturated heterocycles. The first-order valence-corrected chi connectivity index (χ1v) is 11.3. The second-order valence-electron chi connectivity index (χ2n) is 9.55. The van der Waals surface area contributed by atoms with E-state index in [2.05, 4.69) is 10.6 Å². The number of halogens is 1. The summed E-state index contributed by atoms with van der Waals surface area (Å²) in [6.45, 7) is 10.2. The molecule has 8 heteroatoms. The third-order valence-corrected chi connectivity index (χ3v) is 6.79. The topological polar surface area (TPSA) is 90.9 Å². The Morgan fingerprint density at radius 1 is 1.29 bits per heavy atom. The highest BCUT2D eigenvalue weighted by Crippen LogP contribution is 2.46. The van der Waals surface area contributed by atoms with Gasteiger partial charge in [-0.25, -0.2) is 0 Å². The average Bonchev–Trinajstić information content (AvgIpc) is 2.74. The Kier molecular flexibility index (Phi) is 7.31. The SMILES string of the molecule is CC(C)[C@@H](NC(=O)C1CNCCO1)C(=O)N1CC[C@](O)(c2ccc(Cl)cc2)C(C)(C)C1. The fourth-order valence-electron chi connectivity index (χ4n) is 4.46. The van der Waals surface area contributed by atoms with Crippen molar-refractivity contribution >= 4 is 23.4 Å². The minimum Gasteiger partial charge on any atom is -0.384 e. The molecule has 2 amide bonds. The first-order chi connectivity index (χ1) is 14.5. The van der Waals surface area contributed by atoms with Crippen LogP contribution in [0.2, 0.25) is 5.02 Å². The summed E-state index contributed by atoms with van der Waals surface area (Å²) in [7, 11) is 0. The van der Waals surface area contributed by atoms with Crippen LogP contribution in [0.15, 0.2) is 24.3 Å². The van der Waals surface area contributed by atoms with Crippen molar-refractivity contribution in [1.82, 2.24) is 15.5 Å². The van der Waals surface area contributed by atoms with Gasteiger partial charge in [-0.1, -0.05) is 51.4 Å². The monoisotopic (exact) mass is 451 g/mol. The quantitative estimate of drug-likeness (QED) is 0.636. The van der Waals surface area contributed by atoms with E-state index >= 15 is 0 Å². The zero-order valence-electron chi connectivity index (χ0n) is 18.8. The lowest BCUT2D eigenvalue weighted by Crippen LogP contribution is -2.61. The summed E-state index contributed by atoms with van der Waals surface area (Å²) in [6, 6.07) is 6.59. The number of aliphatic hydroxyl groups is 1. The summed E-state index contributed by atoms with van der Waals surface area (Å²) < 4.78 is 5.52. The Morgan fingerprint density at radius 2 is 1.97 bits per heavy atom. The highest BCUT2D eigenvalue weighted by atomic mass is 35.5. The minimum atomic E-state index is -1.08. The van der Waals surface area contributed by atoms with Crippen molar-refractivity contribution < 1.29 is 19.4 Å². The fraction of sp³-hybridized carbons (Fsp3) is 0.652. The molecule has 31 heavy (non-hydrogen) atoms. The number of amides is 2. The van der Waals surface area contributed by atoms with Crippen LogP contribution >= 0.6 is 11.6 Å². The molecule has 2 aliphatic rings. The van der Waals surface area contributed by atoms with Crippen molar-refractivity contribution in [2.24, 2.45) is 11.3 Å². The molecule has 0 radical (unpaired) electrons. The molecule has 3 N–H and O–H groups in total. The number of carbonyl (C=O) groups excluding carboxylic acids is 2. The average molecular weight is 452 g/mol. The number of carbonyl (C=O) groups is 2. The predicted molar refractivity (Wildman–Crippen MR) is 120 cm³/mol. The molecule has 0 saturated carbocycles. The maximum atomic E-state index is 13.4. The molecular weight excluding hydrogens is 418 g/mol. The van der Waals surface area contributed by atoms with Crippen LogP contribution in [0, 0.1) is 11.3 Å². The number of hydrogen-bond acceptors (Lipinski definition) is 5. The van der Waals surface area contributed by atoms with Gasteiger partial charge in [-0.05, 0) is 30.0 Å². The van der Waals surface area contributed by atoms with Crippen LogP contribution in [0.25, 0.3) is 0 Å². The molecule has 1 unspecified atom stereocenters. The minimum absolute atomic E-state index is 0.0758. The van der Waals surface area contributed by atoms with Crippen LogP contribution in [0.4, 0.5) is 0 Å². The number of likely N-dealkylation sites (tertiary alicyclic amines) is 1. The summed E-state index contributed by atoms with van der Waals surface area (Å²) in [5, 5.41) is 18.2. The molecule has 1 aromatic rings. The van der Waals surface area contributed by atoms with Crippen molar-refractivity contribution in [3.8, 4) is 0 Å². The molecule has 7 nitrogen and oxygen atoms in total. The zero-order valence-corrected chi connectivity index (χ0v) is 19.5. The molecule has 2 fully saturated rings. The van der Waals surface area contributed by atoms with Gasteiger partial charge >= 0.3 is 0 Å². The number of piperidine rings is 1. The van der Waals surface area contributed by atoms with Gasteiger partial charge in [-0.2, -0.15) is 0 Å². The molecule has 2 heterocycles. The number of rotatable bonds is 5. The molecule has 0 bridgehead atoms. The molecule has 0 spiro atoms. The first-order valence-electron chi connectivity index (χ1n) is 10.9. The van der Waals surface area contributed by atoms with E-state index in [0.29, 0.717) is 37.7 Å². The lowest BCUT2D eigenvalue weighted by atomic mass is 9.66. The number of hydrogen-bond donors (Lipinski definition) is 3. The maximum absolute atomic E-state index is 13.4. The first kappa shape index (κ1) is 24.0. The van der Waals surface area contributed by atoms with Gasteiger partial charge in [0.2, 0.25) is 5.91 Å². The van der Waals surface area contributed by atoms with E-state index < -0.39 is 23.2 Å². The Bertz CT molecular complexity index is 793. The standard InChI is InChI=1S/C23H34ClN3O4/c1-15(2)19(26-20(28)18-13-25-10-12-31-18)21(29)27-11-9-23(30,22(3,4)14-27)16-5-7-17(24)8-6-16/h5-8,15,18-19,25,30H,9-14H2,1-4H3,(H,26,28)/t18?,19-,23+/m1/s1. The molecule has 2 aliphatic heterocycles. The number of nitrogens with zero attached hydrogens (tertiary/aromatic N) is 1. The van der Waals surface area contributed by atoms with Gasteiger partial charge in [0.05, 0.1) is 12.2 Å². The van der Waals surface area contributed by atoms with Gasteiger partial charge in [-0.3, -0.25) is 9.59 Å². The summed E-state index contributed by atoms with van der Waals surface area (Å²) in [4.78, 5) is 27.8. The van der Waals surface area contributed by atoms with Crippen molar-refractivity contribution in [2.75, 3.05) is 32.8 Å². The largest absolute Gasteiger partial charge is 0.384 e. The zero-order chi connectivity index (χ0) is 22.8. The van der Waals surface area contributed by atoms with Crippen LogP contribution in [0.1, 0.15) is 39.7 Å². The molecule has 0 aromatic heterocycles. The van der Waals surface area contributed by atoms with Crippen LogP contribution in [0.3, 0.4) is 0 Å². The smallest absolute Gasteiger partial charge is 0.251 e. The second-order valence-corrected chi connectivity index (χ2v) is 9.99. The van der Waals surface area contributed by atoms with Crippen molar-refractivity contribution in [1.29, 1.82) is 0 Å². The second kappa shape index (κ2) is 9.45. The third-order valence-electron chi connectivity index (χ3n) is 6.53. The van der Waals surface area contributed by atoms with Crippen LogP contribution in [-0.4, -0.2) is 66.8 Å². The van der Waals surface area contributed by atoms with Crippen LogP contribution in [0.5, 0.6) is 0 Å². The third kappa shape index (κ3) is 5.06. The Labute approximate surface area is 189 Å². The van der Waals surface area contributed by atoms with Gasteiger partial charge in [0, 0.05) is 36.6 Å². The van der Waals surface area contributed by atoms with E-state index in [1.807, 2.05) is 39.8 Å². The Morgan fingerprint density at radius 3 is 2.52 bits per heavy atom. The summed E-state index contributed by atoms with van der Waals surface area (Å²) in [5.74, 6) is -0.472. The lowest BCUT2D eigenvalue weighted by molar-refractivity contribution is -0.157. The molecule has 0 aliphatic carbocycles. The number of nitrogens with one attached hydrogen (secondary N) is 2. The Hall–Kier alpha value is -1.67. The van der Waals surface area contributed by atoms with Crippen LogP contribution in [-0.2, 0) is 19.9 Å².